The van der Waals surface area contributed by atoms with E-state index in [1.165, 1.54) is 25.2 Å². The van der Waals surface area contributed by atoms with Crippen LogP contribution in [0.2, 0.25) is 5.02 Å². The van der Waals surface area contributed by atoms with Gasteiger partial charge in [-0.25, -0.2) is 4.79 Å². The van der Waals surface area contributed by atoms with E-state index in [-0.39, 0.29) is 29.9 Å². The Bertz CT molecular complexity index is 1200. The maximum Gasteiger partial charge on any atom is 0.337 e. The predicted octanol–water partition coefficient (Wildman–Crippen LogP) is 3.42. The number of amides is 1. The molecule has 1 aliphatic heterocycles. The number of hydrogen-bond donors (Lipinski definition) is 0. The molecule has 0 bridgehead atoms. The number of nitrogens with zero attached hydrogens (tertiary/aromatic N) is 1. The van der Waals surface area contributed by atoms with Crippen molar-refractivity contribution in [2.75, 3.05) is 27.4 Å². The van der Waals surface area contributed by atoms with Crippen molar-refractivity contribution >= 4 is 34.4 Å². The number of benzene rings is 2. The van der Waals surface area contributed by atoms with E-state index in [9.17, 15) is 14.4 Å². The average Bonchev–Trinajstić information content (AvgIpc) is 3.04. The Labute approximate surface area is 176 Å². The van der Waals surface area contributed by atoms with Crippen LogP contribution in [-0.2, 0) is 9.47 Å². The molecule has 1 aromatic heterocycles. The monoisotopic (exact) mass is 427 g/mol. The van der Waals surface area contributed by atoms with Crippen LogP contribution < -0.4 is 5.43 Å². The standard InChI is InChI=1S/C22H18ClNO6/c1-28-10-9-24-18(12-3-5-13(6-4-12)22(27)29-2)17-19(25)15-11-14(23)7-8-16(15)30-20(17)21(24)26/h3-8,11,18H,9-10H2,1-2H3. The van der Waals surface area contributed by atoms with E-state index >= 15 is 0 Å². The van der Waals surface area contributed by atoms with Crippen molar-refractivity contribution in [2.24, 2.45) is 0 Å². The fourth-order valence-corrected chi connectivity index (χ4v) is 3.85. The molecule has 1 unspecified atom stereocenters. The Morgan fingerprint density at radius 2 is 1.87 bits per heavy atom. The third-order valence-corrected chi connectivity index (χ3v) is 5.35. The highest BCUT2D eigenvalue weighted by molar-refractivity contribution is 6.31. The van der Waals surface area contributed by atoms with Gasteiger partial charge in [0.05, 0.1) is 36.3 Å². The van der Waals surface area contributed by atoms with Crippen LogP contribution >= 0.6 is 11.6 Å². The summed E-state index contributed by atoms with van der Waals surface area (Å²) in [5.41, 5.74) is 1.26. The van der Waals surface area contributed by atoms with Gasteiger partial charge in [-0.15, -0.1) is 0 Å². The molecule has 1 amide bonds. The van der Waals surface area contributed by atoms with Crippen LogP contribution in [0.25, 0.3) is 11.0 Å². The molecule has 30 heavy (non-hydrogen) atoms. The first-order chi connectivity index (χ1) is 14.5. The number of hydrogen-bond acceptors (Lipinski definition) is 6. The lowest BCUT2D eigenvalue weighted by atomic mass is 9.97. The van der Waals surface area contributed by atoms with Gasteiger partial charge in [-0.2, -0.15) is 0 Å². The summed E-state index contributed by atoms with van der Waals surface area (Å²) in [5, 5.41) is 0.702. The van der Waals surface area contributed by atoms with Gasteiger partial charge in [0, 0.05) is 18.7 Å². The Morgan fingerprint density at radius 3 is 2.53 bits per heavy atom. The molecule has 2 heterocycles. The number of ether oxygens (including phenoxy) is 2. The third kappa shape index (κ3) is 3.26. The lowest BCUT2D eigenvalue weighted by Crippen LogP contribution is -2.32. The van der Waals surface area contributed by atoms with E-state index < -0.39 is 17.9 Å². The molecule has 154 valence electrons. The topological polar surface area (TPSA) is 86.0 Å². The Kier molecular flexibility index (Phi) is 5.32. The summed E-state index contributed by atoms with van der Waals surface area (Å²) in [6.45, 7) is 0.551. The number of methoxy groups -OCH3 is 2. The van der Waals surface area contributed by atoms with Crippen LogP contribution in [-0.4, -0.2) is 44.1 Å². The summed E-state index contributed by atoms with van der Waals surface area (Å²) in [4.78, 5) is 39.7. The SMILES string of the molecule is COCCN1C(=O)c2oc3ccc(Cl)cc3c(=O)c2C1c1ccc(C(=O)OC)cc1. The van der Waals surface area contributed by atoms with Gasteiger partial charge in [-0.1, -0.05) is 23.7 Å². The molecule has 2 aromatic carbocycles. The van der Waals surface area contributed by atoms with Crippen LogP contribution in [0.1, 0.15) is 38.1 Å². The zero-order valence-electron chi connectivity index (χ0n) is 16.3. The van der Waals surface area contributed by atoms with Crippen LogP contribution in [0, 0.1) is 0 Å². The van der Waals surface area contributed by atoms with Crippen LogP contribution in [0.4, 0.5) is 0 Å². The number of carbonyl (C=O) groups is 2. The fourth-order valence-electron chi connectivity index (χ4n) is 3.68. The van der Waals surface area contributed by atoms with Gasteiger partial charge >= 0.3 is 5.97 Å². The lowest BCUT2D eigenvalue weighted by molar-refractivity contribution is 0.0599. The van der Waals surface area contributed by atoms with Crippen molar-refractivity contribution in [3.05, 3.63) is 80.2 Å². The molecule has 1 aliphatic rings. The molecule has 1 atom stereocenters. The summed E-state index contributed by atoms with van der Waals surface area (Å²) < 4.78 is 15.7. The maximum absolute atomic E-state index is 13.3. The van der Waals surface area contributed by atoms with Gasteiger partial charge < -0.3 is 18.8 Å². The van der Waals surface area contributed by atoms with Gasteiger partial charge in [0.1, 0.15) is 5.58 Å². The quantitative estimate of drug-likeness (QED) is 0.580. The molecule has 0 aliphatic carbocycles. The zero-order chi connectivity index (χ0) is 21.4. The second-order valence-electron chi connectivity index (χ2n) is 6.82. The van der Waals surface area contributed by atoms with Gasteiger partial charge in [0.15, 0.2) is 5.43 Å². The average molecular weight is 428 g/mol. The first-order valence-corrected chi connectivity index (χ1v) is 9.58. The van der Waals surface area contributed by atoms with Crippen molar-refractivity contribution in [3.8, 4) is 0 Å². The summed E-state index contributed by atoms with van der Waals surface area (Å²) in [6.07, 6.45) is 0. The normalized spacial score (nSPS) is 15.5. The lowest BCUT2D eigenvalue weighted by Gasteiger charge is -2.24. The molecule has 8 heteroatoms. The molecule has 0 fully saturated rings. The summed E-state index contributed by atoms with van der Waals surface area (Å²) in [7, 11) is 2.84. The second kappa shape index (κ2) is 7.93. The molecule has 0 saturated carbocycles. The number of esters is 1. The first kappa shape index (κ1) is 20.1. The highest BCUT2D eigenvalue weighted by Gasteiger charge is 2.42. The van der Waals surface area contributed by atoms with Crippen molar-refractivity contribution in [2.45, 2.75) is 6.04 Å². The van der Waals surface area contributed by atoms with Gasteiger partial charge in [0.25, 0.3) is 5.91 Å². The van der Waals surface area contributed by atoms with E-state index in [4.69, 9.17) is 25.5 Å². The Balaban J connectivity index is 1.90. The summed E-state index contributed by atoms with van der Waals surface area (Å²) in [6, 6.07) is 10.6. The minimum Gasteiger partial charge on any atom is -0.465 e. The van der Waals surface area contributed by atoms with E-state index in [0.717, 1.165) is 0 Å². The van der Waals surface area contributed by atoms with E-state index in [1.807, 2.05) is 0 Å². The zero-order valence-corrected chi connectivity index (χ0v) is 17.1. The van der Waals surface area contributed by atoms with Crippen LogP contribution in [0.15, 0.2) is 51.7 Å². The summed E-state index contributed by atoms with van der Waals surface area (Å²) in [5.74, 6) is -0.855. The second-order valence-corrected chi connectivity index (χ2v) is 7.26. The smallest absolute Gasteiger partial charge is 0.337 e. The molecule has 0 radical (unpaired) electrons. The summed E-state index contributed by atoms with van der Waals surface area (Å²) >= 11 is 6.06. The molecule has 0 spiro atoms. The number of carbonyl (C=O) groups excluding carboxylic acids is 2. The van der Waals surface area contributed by atoms with Crippen molar-refractivity contribution < 1.29 is 23.5 Å². The van der Waals surface area contributed by atoms with E-state index in [2.05, 4.69) is 0 Å². The third-order valence-electron chi connectivity index (χ3n) is 5.11. The largest absolute Gasteiger partial charge is 0.465 e. The molecular weight excluding hydrogens is 410 g/mol. The van der Waals surface area contributed by atoms with E-state index in [1.54, 1.807) is 36.4 Å². The molecule has 3 aromatic rings. The first-order valence-electron chi connectivity index (χ1n) is 9.20. The van der Waals surface area contributed by atoms with Crippen molar-refractivity contribution in [1.29, 1.82) is 0 Å². The number of halogens is 1. The van der Waals surface area contributed by atoms with Crippen molar-refractivity contribution in [1.82, 2.24) is 4.90 Å². The Morgan fingerprint density at radius 1 is 1.13 bits per heavy atom. The predicted molar refractivity (Wildman–Crippen MR) is 110 cm³/mol. The molecule has 0 N–H and O–H groups in total. The van der Waals surface area contributed by atoms with Gasteiger partial charge in [-0.05, 0) is 35.9 Å². The number of fused-ring (bicyclic) bond motifs is 2. The highest BCUT2D eigenvalue weighted by Crippen LogP contribution is 2.38. The fraction of sp³-hybridized carbons (Fsp3) is 0.227. The highest BCUT2D eigenvalue weighted by atomic mass is 35.5. The van der Waals surface area contributed by atoms with E-state index in [0.29, 0.717) is 27.1 Å². The molecule has 4 rings (SSSR count). The molecular formula is C22H18ClNO6. The Hall–Kier alpha value is -3.16. The van der Waals surface area contributed by atoms with Crippen LogP contribution in [0.3, 0.4) is 0 Å². The maximum atomic E-state index is 13.3. The van der Waals surface area contributed by atoms with Gasteiger partial charge in [0.2, 0.25) is 5.76 Å². The molecule has 7 nitrogen and oxygen atoms in total. The van der Waals surface area contributed by atoms with Crippen LogP contribution in [0.5, 0.6) is 0 Å². The minimum atomic E-state index is -0.672. The van der Waals surface area contributed by atoms with Gasteiger partial charge in [-0.3, -0.25) is 9.59 Å². The van der Waals surface area contributed by atoms with Crippen molar-refractivity contribution in [3.63, 3.8) is 0 Å². The minimum absolute atomic E-state index is 0.00738. The molecule has 0 saturated heterocycles. The number of rotatable bonds is 5.